The topological polar surface area (TPSA) is 89.8 Å². The van der Waals surface area contributed by atoms with Crippen molar-refractivity contribution in [2.75, 3.05) is 13.1 Å². The lowest BCUT2D eigenvalue weighted by atomic mass is 9.89. The molecule has 2 rings (SSSR count). The average molecular weight is 505 g/mol. The molecule has 0 unspecified atom stereocenters. The van der Waals surface area contributed by atoms with E-state index >= 15 is 0 Å². The van der Waals surface area contributed by atoms with Gasteiger partial charge < -0.3 is 9.64 Å². The molecule has 1 fully saturated rings. The highest BCUT2D eigenvalue weighted by atomic mass is 79.9. The van der Waals surface area contributed by atoms with Crippen LogP contribution in [-0.4, -0.2) is 40.4 Å². The highest BCUT2D eigenvalue weighted by molar-refractivity contribution is 9.10. The van der Waals surface area contributed by atoms with E-state index in [2.05, 4.69) is 15.9 Å². The number of benzene rings is 1. The summed E-state index contributed by atoms with van der Waals surface area (Å²) in [6.07, 6.45) is 0.397. The lowest BCUT2D eigenvalue weighted by Gasteiger charge is -2.33. The van der Waals surface area contributed by atoms with E-state index in [-0.39, 0.29) is 33.8 Å². The highest BCUT2D eigenvalue weighted by Crippen LogP contribution is 2.29. The number of ether oxygens (including phenoxy) is 1. The minimum Gasteiger partial charge on any atom is -0.444 e. The number of hydrogen-bond acceptors (Lipinski definition) is 5. The van der Waals surface area contributed by atoms with Gasteiger partial charge in [-0.15, -0.1) is 0 Å². The van der Waals surface area contributed by atoms with Crippen LogP contribution in [0.25, 0.3) is 0 Å². The molecule has 7 nitrogen and oxygen atoms in total. The Labute approximate surface area is 192 Å². The summed E-state index contributed by atoms with van der Waals surface area (Å²) in [6, 6.07) is 2.01. The van der Waals surface area contributed by atoms with Gasteiger partial charge in [-0.05, 0) is 33.6 Å². The number of nitro benzene ring substituents is 1. The lowest BCUT2D eigenvalue weighted by Crippen LogP contribution is -2.43. The van der Waals surface area contributed by atoms with Crippen LogP contribution < -0.4 is 0 Å². The molecule has 0 N–H and O–H groups in total. The normalized spacial score (nSPS) is 13.9. The van der Waals surface area contributed by atoms with Gasteiger partial charge in [0.2, 0.25) is 0 Å². The number of halogens is 2. The van der Waals surface area contributed by atoms with E-state index in [0.717, 1.165) is 6.07 Å². The number of nitro groups is 1. The number of non-ortho nitro benzene ring substituents is 1. The number of hydrogen-bond donors (Lipinski definition) is 0. The molecule has 0 bridgehead atoms. The minimum atomic E-state index is -0.782. The third-order valence-corrected chi connectivity index (χ3v) is 5.00. The molecule has 0 aromatic heterocycles. The standard InChI is InChI=1S/C18H22BrFN2O5.2C2H6/c1-18(2,3)27-17(24)21-6-4-11(5-7-21)16(23)10-13-14(19)8-12(22(25)26)9-15(13)20;2*1-2/h8-9,11H,4-7,10H2,1-3H3;2*1-2H3. The number of nitrogens with zero attached hydrogens (tertiary/aromatic N) is 2. The zero-order chi connectivity index (χ0) is 24.4. The fourth-order valence-corrected chi connectivity index (χ4v) is 3.46. The van der Waals surface area contributed by atoms with Gasteiger partial charge in [0.1, 0.15) is 17.2 Å². The van der Waals surface area contributed by atoms with E-state index in [1.54, 1.807) is 25.7 Å². The van der Waals surface area contributed by atoms with Crippen molar-refractivity contribution in [3.05, 3.63) is 38.1 Å². The Hall–Kier alpha value is -2.03. The Kier molecular flexibility index (Phi) is 12.5. The van der Waals surface area contributed by atoms with Gasteiger partial charge in [0.15, 0.2) is 0 Å². The largest absolute Gasteiger partial charge is 0.444 e. The summed E-state index contributed by atoms with van der Waals surface area (Å²) < 4.78 is 19.7. The number of likely N-dealkylation sites (tertiary alicyclic amines) is 1. The summed E-state index contributed by atoms with van der Waals surface area (Å²) in [5.41, 5.74) is -0.842. The summed E-state index contributed by atoms with van der Waals surface area (Å²) in [7, 11) is 0. The molecule has 176 valence electrons. The molecule has 9 heteroatoms. The lowest BCUT2D eigenvalue weighted by molar-refractivity contribution is -0.385. The van der Waals surface area contributed by atoms with Crippen LogP contribution in [0.15, 0.2) is 16.6 Å². The van der Waals surface area contributed by atoms with Crippen molar-refractivity contribution in [2.45, 2.75) is 73.3 Å². The zero-order valence-corrected chi connectivity index (χ0v) is 21.0. The van der Waals surface area contributed by atoms with Crippen LogP contribution in [0.5, 0.6) is 0 Å². The van der Waals surface area contributed by atoms with Crippen molar-refractivity contribution < 1.29 is 23.6 Å². The van der Waals surface area contributed by atoms with Crippen LogP contribution in [0, 0.1) is 21.8 Å². The first-order valence-corrected chi connectivity index (χ1v) is 11.4. The first kappa shape index (κ1) is 29.0. The summed E-state index contributed by atoms with van der Waals surface area (Å²) in [6.45, 7) is 14.2. The van der Waals surface area contributed by atoms with Crippen LogP contribution in [-0.2, 0) is 16.0 Å². The second kappa shape index (κ2) is 13.4. The number of carbonyl (C=O) groups excluding carboxylic acids is 2. The molecule has 1 aromatic carbocycles. The fourth-order valence-electron chi connectivity index (χ4n) is 2.89. The molecule has 0 spiro atoms. The van der Waals surface area contributed by atoms with E-state index in [1.807, 2.05) is 27.7 Å². The van der Waals surface area contributed by atoms with Gasteiger partial charge in [-0.2, -0.15) is 0 Å². The third-order valence-electron chi connectivity index (χ3n) is 4.29. The van der Waals surface area contributed by atoms with Crippen molar-refractivity contribution in [1.29, 1.82) is 0 Å². The summed E-state index contributed by atoms with van der Waals surface area (Å²) in [5.74, 6) is -1.21. The van der Waals surface area contributed by atoms with Crippen LogP contribution >= 0.6 is 15.9 Å². The van der Waals surface area contributed by atoms with E-state index in [4.69, 9.17) is 4.74 Å². The van der Waals surface area contributed by atoms with Crippen LogP contribution in [0.2, 0.25) is 0 Å². The molecule has 31 heavy (non-hydrogen) atoms. The molecule has 0 atom stereocenters. The molecule has 0 aliphatic carbocycles. The molecule has 0 saturated carbocycles. The van der Waals surface area contributed by atoms with Crippen molar-refractivity contribution in [2.24, 2.45) is 5.92 Å². The van der Waals surface area contributed by atoms with Gasteiger partial charge in [0.25, 0.3) is 5.69 Å². The Morgan fingerprint density at radius 3 is 2.13 bits per heavy atom. The third kappa shape index (κ3) is 9.33. The first-order valence-electron chi connectivity index (χ1n) is 10.6. The SMILES string of the molecule is CC.CC.CC(C)(C)OC(=O)N1CCC(C(=O)Cc2c(F)cc([N+](=O)[O-])cc2Br)CC1. The smallest absolute Gasteiger partial charge is 0.410 e. The molecule has 1 saturated heterocycles. The van der Waals surface area contributed by atoms with Gasteiger partial charge in [0, 0.05) is 41.5 Å². The number of Topliss-reactive ketones (excluding diaryl/α,β-unsaturated/α-hetero) is 1. The fraction of sp³-hybridized carbons (Fsp3) is 0.636. The molecular weight excluding hydrogens is 471 g/mol. The maximum Gasteiger partial charge on any atom is 0.410 e. The number of ketones is 1. The predicted molar refractivity (Wildman–Crippen MR) is 123 cm³/mol. The number of rotatable bonds is 4. The molecule has 0 radical (unpaired) electrons. The predicted octanol–water partition coefficient (Wildman–Crippen LogP) is 6.31. The zero-order valence-electron chi connectivity index (χ0n) is 19.5. The monoisotopic (exact) mass is 504 g/mol. The molecule has 1 aromatic rings. The molecule has 1 aliphatic rings. The van der Waals surface area contributed by atoms with Crippen molar-refractivity contribution in [3.8, 4) is 0 Å². The van der Waals surface area contributed by atoms with Crippen LogP contribution in [0.4, 0.5) is 14.9 Å². The van der Waals surface area contributed by atoms with Gasteiger partial charge >= 0.3 is 6.09 Å². The van der Waals surface area contributed by atoms with Crippen LogP contribution in [0.3, 0.4) is 0 Å². The van der Waals surface area contributed by atoms with Crippen molar-refractivity contribution in [1.82, 2.24) is 4.90 Å². The summed E-state index contributed by atoms with van der Waals surface area (Å²) in [5, 5.41) is 10.8. The van der Waals surface area contributed by atoms with Gasteiger partial charge in [-0.3, -0.25) is 14.9 Å². The van der Waals surface area contributed by atoms with Gasteiger partial charge in [0.05, 0.1) is 11.0 Å². The number of piperidine rings is 1. The van der Waals surface area contributed by atoms with Gasteiger partial charge in [-0.25, -0.2) is 9.18 Å². The molecular formula is C22H34BrFN2O5. The minimum absolute atomic E-state index is 0.111. The second-order valence-corrected chi connectivity index (χ2v) is 8.38. The first-order chi connectivity index (χ1) is 14.5. The Morgan fingerprint density at radius 1 is 1.19 bits per heavy atom. The highest BCUT2D eigenvalue weighted by Gasteiger charge is 2.30. The second-order valence-electron chi connectivity index (χ2n) is 7.53. The summed E-state index contributed by atoms with van der Waals surface area (Å²) in [4.78, 5) is 36.3. The Balaban J connectivity index is 0.00000212. The van der Waals surface area contributed by atoms with E-state index in [9.17, 15) is 24.1 Å². The van der Waals surface area contributed by atoms with E-state index in [0.29, 0.717) is 25.9 Å². The summed E-state index contributed by atoms with van der Waals surface area (Å²) >= 11 is 3.11. The average Bonchev–Trinajstić information content (AvgIpc) is 2.72. The van der Waals surface area contributed by atoms with E-state index < -0.39 is 22.4 Å². The van der Waals surface area contributed by atoms with Gasteiger partial charge in [-0.1, -0.05) is 43.6 Å². The van der Waals surface area contributed by atoms with Crippen molar-refractivity contribution in [3.63, 3.8) is 0 Å². The van der Waals surface area contributed by atoms with Crippen molar-refractivity contribution >= 4 is 33.5 Å². The maximum absolute atomic E-state index is 14.2. The maximum atomic E-state index is 14.2. The quantitative estimate of drug-likeness (QED) is 0.354. The molecule has 1 amide bonds. The van der Waals surface area contributed by atoms with Crippen LogP contribution in [0.1, 0.15) is 66.9 Å². The molecule has 1 heterocycles. The van der Waals surface area contributed by atoms with E-state index in [1.165, 1.54) is 6.07 Å². The Bertz CT molecular complexity index is 734. The number of carbonyl (C=O) groups is 2. The Morgan fingerprint density at radius 2 is 1.71 bits per heavy atom. The number of amides is 1. The molecule has 1 aliphatic heterocycles.